The van der Waals surface area contributed by atoms with Gasteiger partial charge in [0.25, 0.3) is 0 Å². The quantitative estimate of drug-likeness (QED) is 0.795. The van der Waals surface area contributed by atoms with Gasteiger partial charge in [-0.1, -0.05) is 32.5 Å². The molecule has 1 aliphatic rings. The van der Waals surface area contributed by atoms with Gasteiger partial charge in [0.2, 0.25) is 0 Å². The molecule has 0 radical (unpaired) electrons. The summed E-state index contributed by atoms with van der Waals surface area (Å²) in [4.78, 5) is 4.80. The number of thioether (sulfide) groups is 1. The van der Waals surface area contributed by atoms with E-state index in [4.69, 9.17) is 9.73 Å². The molecule has 0 bridgehead atoms. The van der Waals surface area contributed by atoms with Crippen molar-refractivity contribution < 1.29 is 4.74 Å². The maximum absolute atomic E-state index is 5.50. The lowest BCUT2D eigenvalue weighted by Crippen LogP contribution is -2.40. The highest BCUT2D eigenvalue weighted by atomic mass is 32.2. The van der Waals surface area contributed by atoms with E-state index in [1.54, 1.807) is 0 Å². The Morgan fingerprint density at radius 1 is 1.47 bits per heavy atom. The summed E-state index contributed by atoms with van der Waals surface area (Å²) in [5.74, 6) is 1.63. The van der Waals surface area contributed by atoms with Crippen molar-refractivity contribution in [3.8, 4) is 0 Å². The van der Waals surface area contributed by atoms with Crippen molar-refractivity contribution in [3.63, 3.8) is 0 Å². The molecular formula is C13H26N2OS. The number of aliphatic imine (C=N–C) groups is 1. The Hall–Kier alpha value is -0.220. The van der Waals surface area contributed by atoms with Crippen LogP contribution in [-0.4, -0.2) is 35.7 Å². The molecule has 0 aliphatic carbocycles. The van der Waals surface area contributed by atoms with Crippen molar-refractivity contribution in [2.45, 2.75) is 52.6 Å². The summed E-state index contributed by atoms with van der Waals surface area (Å²) in [5.41, 5.74) is 0.219. The van der Waals surface area contributed by atoms with Gasteiger partial charge in [0.1, 0.15) is 0 Å². The minimum absolute atomic E-state index is 0.219. The van der Waals surface area contributed by atoms with Gasteiger partial charge in [-0.25, -0.2) is 0 Å². The molecule has 0 aromatic carbocycles. The molecule has 17 heavy (non-hydrogen) atoms. The van der Waals surface area contributed by atoms with Crippen LogP contribution in [0.1, 0.15) is 41.0 Å². The zero-order valence-electron chi connectivity index (χ0n) is 11.7. The lowest BCUT2D eigenvalue weighted by molar-refractivity contribution is 0.122. The fourth-order valence-electron chi connectivity index (χ4n) is 1.59. The van der Waals surface area contributed by atoms with Crippen LogP contribution in [0.25, 0.3) is 0 Å². The molecule has 3 nitrogen and oxygen atoms in total. The second-order valence-electron chi connectivity index (χ2n) is 5.23. The SMILES string of the molecule is CCOCC(N=C1NC(C)(CC)CS1)C(C)C. The Morgan fingerprint density at radius 2 is 2.18 bits per heavy atom. The Morgan fingerprint density at radius 3 is 2.65 bits per heavy atom. The number of amidine groups is 1. The summed E-state index contributed by atoms with van der Waals surface area (Å²) in [5, 5.41) is 4.63. The predicted molar refractivity (Wildman–Crippen MR) is 76.8 cm³/mol. The van der Waals surface area contributed by atoms with Crippen molar-refractivity contribution in [1.82, 2.24) is 5.32 Å². The third kappa shape index (κ3) is 4.51. The molecule has 0 amide bonds. The molecule has 0 aromatic heterocycles. The monoisotopic (exact) mass is 258 g/mol. The van der Waals surface area contributed by atoms with E-state index in [0.29, 0.717) is 5.92 Å². The summed E-state index contributed by atoms with van der Waals surface area (Å²) in [6, 6.07) is 0.268. The zero-order valence-corrected chi connectivity index (χ0v) is 12.6. The molecule has 1 N–H and O–H groups in total. The van der Waals surface area contributed by atoms with Gasteiger partial charge in [0.15, 0.2) is 5.17 Å². The highest BCUT2D eigenvalue weighted by Gasteiger charge is 2.31. The highest BCUT2D eigenvalue weighted by molar-refractivity contribution is 8.14. The largest absolute Gasteiger partial charge is 0.380 e. The normalized spacial score (nSPS) is 28.7. The van der Waals surface area contributed by atoms with E-state index < -0.39 is 0 Å². The maximum Gasteiger partial charge on any atom is 0.157 e. The van der Waals surface area contributed by atoms with Crippen LogP contribution in [0.3, 0.4) is 0 Å². The standard InChI is InChI=1S/C13H26N2OS/c1-6-13(5)9-17-12(15-13)14-11(10(3)4)8-16-7-2/h10-11H,6-9H2,1-5H3,(H,14,15). The minimum atomic E-state index is 0.219. The van der Waals surface area contributed by atoms with Crippen LogP contribution >= 0.6 is 11.8 Å². The van der Waals surface area contributed by atoms with Gasteiger partial charge < -0.3 is 10.1 Å². The van der Waals surface area contributed by atoms with E-state index in [1.807, 2.05) is 18.7 Å². The van der Waals surface area contributed by atoms with Crippen molar-refractivity contribution in [1.29, 1.82) is 0 Å². The number of ether oxygens (including phenoxy) is 1. The summed E-state index contributed by atoms with van der Waals surface area (Å²) < 4.78 is 5.50. The average molecular weight is 258 g/mol. The van der Waals surface area contributed by atoms with Gasteiger partial charge in [-0.2, -0.15) is 0 Å². The van der Waals surface area contributed by atoms with Gasteiger partial charge in [0.05, 0.1) is 12.6 Å². The van der Waals surface area contributed by atoms with Crippen LogP contribution in [-0.2, 0) is 4.74 Å². The van der Waals surface area contributed by atoms with E-state index in [0.717, 1.165) is 30.6 Å². The van der Waals surface area contributed by atoms with Gasteiger partial charge in [-0.15, -0.1) is 0 Å². The van der Waals surface area contributed by atoms with Gasteiger partial charge in [0, 0.05) is 17.9 Å². The maximum atomic E-state index is 5.50. The Bertz CT molecular complexity index is 268. The number of rotatable bonds is 6. The summed E-state index contributed by atoms with van der Waals surface area (Å²) in [7, 11) is 0. The molecule has 0 aromatic rings. The first-order valence-electron chi connectivity index (χ1n) is 6.57. The molecule has 0 saturated carbocycles. The Balaban J connectivity index is 2.59. The van der Waals surface area contributed by atoms with Crippen molar-refractivity contribution in [3.05, 3.63) is 0 Å². The van der Waals surface area contributed by atoms with E-state index in [-0.39, 0.29) is 11.6 Å². The molecule has 4 heteroatoms. The molecule has 1 fully saturated rings. The smallest absolute Gasteiger partial charge is 0.157 e. The molecular weight excluding hydrogens is 232 g/mol. The fraction of sp³-hybridized carbons (Fsp3) is 0.923. The van der Waals surface area contributed by atoms with E-state index in [9.17, 15) is 0 Å². The van der Waals surface area contributed by atoms with Crippen LogP contribution in [0.2, 0.25) is 0 Å². The average Bonchev–Trinajstić information content (AvgIpc) is 2.67. The van der Waals surface area contributed by atoms with Crippen molar-refractivity contribution >= 4 is 16.9 Å². The summed E-state index contributed by atoms with van der Waals surface area (Å²) >= 11 is 1.84. The second-order valence-corrected chi connectivity index (χ2v) is 6.20. The number of hydrogen-bond donors (Lipinski definition) is 1. The predicted octanol–water partition coefficient (Wildman–Crippen LogP) is 2.91. The highest BCUT2D eigenvalue weighted by Crippen LogP contribution is 2.26. The van der Waals surface area contributed by atoms with Crippen LogP contribution < -0.4 is 5.32 Å². The first-order valence-corrected chi connectivity index (χ1v) is 7.56. The molecule has 1 heterocycles. The number of hydrogen-bond acceptors (Lipinski definition) is 3. The lowest BCUT2D eigenvalue weighted by atomic mass is 10.0. The molecule has 2 unspecified atom stereocenters. The van der Waals surface area contributed by atoms with Crippen LogP contribution in [0, 0.1) is 5.92 Å². The Labute approximate surface area is 110 Å². The lowest BCUT2D eigenvalue weighted by Gasteiger charge is -2.22. The van der Waals surface area contributed by atoms with Gasteiger partial charge >= 0.3 is 0 Å². The summed E-state index contributed by atoms with van der Waals surface area (Å²) in [6.45, 7) is 12.4. The number of nitrogens with zero attached hydrogens (tertiary/aromatic N) is 1. The van der Waals surface area contributed by atoms with Gasteiger partial charge in [-0.3, -0.25) is 4.99 Å². The van der Waals surface area contributed by atoms with E-state index in [2.05, 4.69) is 33.0 Å². The van der Waals surface area contributed by atoms with Crippen LogP contribution in [0.15, 0.2) is 4.99 Å². The second kappa shape index (κ2) is 6.64. The minimum Gasteiger partial charge on any atom is -0.380 e. The first kappa shape index (κ1) is 14.8. The Kier molecular flexibility index (Phi) is 5.80. The number of nitrogens with one attached hydrogen (secondary N) is 1. The summed E-state index contributed by atoms with van der Waals surface area (Å²) in [6.07, 6.45) is 1.14. The molecule has 1 saturated heterocycles. The van der Waals surface area contributed by atoms with Crippen molar-refractivity contribution in [2.75, 3.05) is 19.0 Å². The molecule has 0 spiro atoms. The molecule has 1 rings (SSSR count). The fourth-order valence-corrected chi connectivity index (χ4v) is 2.85. The molecule has 2 atom stereocenters. The third-order valence-corrected chi connectivity index (χ3v) is 4.52. The van der Waals surface area contributed by atoms with E-state index in [1.165, 1.54) is 0 Å². The van der Waals surface area contributed by atoms with Gasteiger partial charge in [-0.05, 0) is 26.2 Å². The molecule has 1 aliphatic heterocycles. The van der Waals surface area contributed by atoms with Crippen LogP contribution in [0.4, 0.5) is 0 Å². The molecule has 100 valence electrons. The topological polar surface area (TPSA) is 33.6 Å². The van der Waals surface area contributed by atoms with E-state index >= 15 is 0 Å². The first-order chi connectivity index (χ1) is 8.00. The van der Waals surface area contributed by atoms with Crippen molar-refractivity contribution in [2.24, 2.45) is 10.9 Å². The van der Waals surface area contributed by atoms with Crippen LogP contribution in [0.5, 0.6) is 0 Å². The third-order valence-electron chi connectivity index (χ3n) is 3.26. The zero-order chi connectivity index (χ0) is 12.9.